The van der Waals surface area contributed by atoms with E-state index in [4.69, 9.17) is 0 Å². The molecule has 23 heavy (non-hydrogen) atoms. The highest BCUT2D eigenvalue weighted by molar-refractivity contribution is 9.10. The lowest BCUT2D eigenvalue weighted by Gasteiger charge is -2.33. The van der Waals surface area contributed by atoms with Crippen molar-refractivity contribution in [2.24, 2.45) is 0 Å². The van der Waals surface area contributed by atoms with E-state index in [1.54, 1.807) is 23.6 Å². The van der Waals surface area contributed by atoms with E-state index >= 15 is 0 Å². The monoisotopic (exact) mass is 394 g/mol. The van der Waals surface area contributed by atoms with Gasteiger partial charge in [0, 0.05) is 48.3 Å². The van der Waals surface area contributed by atoms with E-state index in [1.165, 1.54) is 4.88 Å². The maximum Gasteiger partial charge on any atom is 0.239 e. The largest absolute Gasteiger partial charge is 0.310 e. The highest BCUT2D eigenvalue weighted by atomic mass is 79.9. The van der Waals surface area contributed by atoms with Gasteiger partial charge in [0.2, 0.25) is 5.91 Å². The molecule has 3 heterocycles. The van der Waals surface area contributed by atoms with Crippen LogP contribution in [-0.2, 0) is 11.3 Å². The standard InChI is InChI=1S/C16H19BrN4OS/c17-13-3-4-15(18-10-13)19-16(22)12-21-7-5-20(6-8-21)11-14-2-1-9-23-14/h1-4,9-10H,5-8,11-12H2,(H,18,19,22). The van der Waals surface area contributed by atoms with E-state index in [2.05, 4.69) is 53.5 Å². The number of piperazine rings is 1. The minimum Gasteiger partial charge on any atom is -0.310 e. The van der Waals surface area contributed by atoms with Crippen LogP contribution in [0.25, 0.3) is 0 Å². The van der Waals surface area contributed by atoms with Gasteiger partial charge in [0.1, 0.15) is 5.82 Å². The van der Waals surface area contributed by atoms with Crippen molar-refractivity contribution >= 4 is 39.0 Å². The quantitative estimate of drug-likeness (QED) is 0.846. The zero-order chi connectivity index (χ0) is 16.1. The van der Waals surface area contributed by atoms with Gasteiger partial charge in [0.05, 0.1) is 6.54 Å². The Hall–Kier alpha value is -1.28. The summed E-state index contributed by atoms with van der Waals surface area (Å²) in [5.41, 5.74) is 0. The third kappa shape index (κ3) is 5.10. The molecule has 2 aromatic rings. The molecule has 1 aliphatic rings. The molecule has 0 atom stereocenters. The van der Waals surface area contributed by atoms with Crippen molar-refractivity contribution in [1.82, 2.24) is 14.8 Å². The number of rotatable bonds is 5. The van der Waals surface area contributed by atoms with E-state index in [1.807, 2.05) is 6.07 Å². The van der Waals surface area contributed by atoms with Crippen LogP contribution in [0.5, 0.6) is 0 Å². The number of hydrogen-bond acceptors (Lipinski definition) is 5. The number of anilines is 1. The van der Waals surface area contributed by atoms with E-state index in [0.29, 0.717) is 12.4 Å². The second kappa shape index (κ2) is 8.01. The number of aromatic nitrogens is 1. The van der Waals surface area contributed by atoms with Gasteiger partial charge in [-0.3, -0.25) is 14.6 Å². The first kappa shape index (κ1) is 16.6. The lowest BCUT2D eigenvalue weighted by molar-refractivity contribution is -0.117. The fraction of sp³-hybridized carbons (Fsp3) is 0.375. The Morgan fingerprint density at radius 1 is 1.22 bits per heavy atom. The molecule has 2 aromatic heterocycles. The Kier molecular flexibility index (Phi) is 5.77. The molecule has 0 radical (unpaired) electrons. The van der Waals surface area contributed by atoms with Crippen molar-refractivity contribution in [1.29, 1.82) is 0 Å². The van der Waals surface area contributed by atoms with E-state index in [-0.39, 0.29) is 5.91 Å². The van der Waals surface area contributed by atoms with Crippen LogP contribution in [0.1, 0.15) is 4.88 Å². The van der Waals surface area contributed by atoms with Crippen LogP contribution in [0.15, 0.2) is 40.3 Å². The molecule has 0 aromatic carbocycles. The summed E-state index contributed by atoms with van der Waals surface area (Å²) in [7, 11) is 0. The first-order chi connectivity index (χ1) is 11.2. The van der Waals surface area contributed by atoms with Crippen LogP contribution >= 0.6 is 27.3 Å². The van der Waals surface area contributed by atoms with Crippen LogP contribution in [0.3, 0.4) is 0 Å². The third-order valence-electron chi connectivity index (χ3n) is 3.79. The topological polar surface area (TPSA) is 48.5 Å². The number of amides is 1. The molecule has 0 aliphatic carbocycles. The summed E-state index contributed by atoms with van der Waals surface area (Å²) in [6.45, 7) is 5.29. The molecule has 0 unspecified atom stereocenters. The number of carbonyl (C=O) groups is 1. The number of nitrogens with one attached hydrogen (secondary N) is 1. The zero-order valence-corrected chi connectivity index (χ0v) is 15.1. The Morgan fingerprint density at radius 2 is 2.00 bits per heavy atom. The van der Waals surface area contributed by atoms with Crippen LogP contribution < -0.4 is 5.32 Å². The molecule has 1 aliphatic heterocycles. The van der Waals surface area contributed by atoms with Crippen molar-refractivity contribution in [3.8, 4) is 0 Å². The molecule has 0 bridgehead atoms. The molecule has 122 valence electrons. The van der Waals surface area contributed by atoms with Gasteiger partial charge < -0.3 is 5.32 Å². The summed E-state index contributed by atoms with van der Waals surface area (Å²) in [5.74, 6) is 0.584. The summed E-state index contributed by atoms with van der Waals surface area (Å²) >= 11 is 5.13. The number of hydrogen-bond donors (Lipinski definition) is 1. The van der Waals surface area contributed by atoms with E-state index in [9.17, 15) is 4.79 Å². The minimum atomic E-state index is -0.00784. The summed E-state index contributed by atoms with van der Waals surface area (Å²) in [6.07, 6.45) is 1.68. The van der Waals surface area contributed by atoms with Crippen LogP contribution in [0.2, 0.25) is 0 Å². The minimum absolute atomic E-state index is 0.00784. The second-order valence-corrected chi connectivity index (χ2v) is 7.49. The van der Waals surface area contributed by atoms with Crippen molar-refractivity contribution in [3.05, 3.63) is 45.2 Å². The lowest BCUT2D eigenvalue weighted by atomic mass is 10.3. The highest BCUT2D eigenvalue weighted by Crippen LogP contribution is 2.14. The first-order valence-corrected chi connectivity index (χ1v) is 9.25. The Balaban J connectivity index is 1.41. The van der Waals surface area contributed by atoms with Crippen molar-refractivity contribution < 1.29 is 4.79 Å². The molecule has 5 nitrogen and oxygen atoms in total. The Labute approximate surface area is 148 Å². The van der Waals surface area contributed by atoms with Gasteiger partial charge in [-0.1, -0.05) is 6.07 Å². The van der Waals surface area contributed by atoms with Crippen molar-refractivity contribution in [3.63, 3.8) is 0 Å². The lowest BCUT2D eigenvalue weighted by Crippen LogP contribution is -2.48. The van der Waals surface area contributed by atoms with Gasteiger partial charge in [0.25, 0.3) is 0 Å². The summed E-state index contributed by atoms with van der Waals surface area (Å²) in [6, 6.07) is 7.93. The molecule has 1 N–H and O–H groups in total. The highest BCUT2D eigenvalue weighted by Gasteiger charge is 2.19. The molecular formula is C16H19BrN4OS. The smallest absolute Gasteiger partial charge is 0.239 e. The molecule has 1 amide bonds. The first-order valence-electron chi connectivity index (χ1n) is 7.57. The zero-order valence-electron chi connectivity index (χ0n) is 12.7. The fourth-order valence-corrected chi connectivity index (χ4v) is 3.54. The molecule has 0 saturated carbocycles. The van der Waals surface area contributed by atoms with Crippen molar-refractivity contribution in [2.45, 2.75) is 6.54 Å². The molecule has 1 saturated heterocycles. The van der Waals surface area contributed by atoms with Gasteiger partial charge in [0.15, 0.2) is 0 Å². The maximum atomic E-state index is 12.1. The van der Waals surface area contributed by atoms with Crippen LogP contribution in [-0.4, -0.2) is 53.4 Å². The average Bonchev–Trinajstić information content (AvgIpc) is 3.04. The fourth-order valence-electron chi connectivity index (χ4n) is 2.56. The summed E-state index contributed by atoms with van der Waals surface area (Å²) in [4.78, 5) is 22.3. The predicted molar refractivity (Wildman–Crippen MR) is 96.6 cm³/mol. The number of nitrogens with zero attached hydrogens (tertiary/aromatic N) is 3. The Bertz CT molecular complexity index is 624. The van der Waals surface area contributed by atoms with Crippen molar-refractivity contribution in [2.75, 3.05) is 38.0 Å². The van der Waals surface area contributed by atoms with E-state index in [0.717, 1.165) is 37.2 Å². The van der Waals surface area contributed by atoms with Gasteiger partial charge in [-0.15, -0.1) is 11.3 Å². The molecular weight excluding hydrogens is 376 g/mol. The van der Waals surface area contributed by atoms with Gasteiger partial charge in [-0.25, -0.2) is 4.98 Å². The predicted octanol–water partition coefficient (Wildman–Crippen LogP) is 2.66. The second-order valence-electron chi connectivity index (χ2n) is 5.54. The van der Waals surface area contributed by atoms with Crippen LogP contribution in [0.4, 0.5) is 5.82 Å². The van der Waals surface area contributed by atoms with Gasteiger partial charge >= 0.3 is 0 Å². The molecule has 1 fully saturated rings. The summed E-state index contributed by atoms with van der Waals surface area (Å²) < 4.78 is 0.900. The molecule has 0 spiro atoms. The Morgan fingerprint density at radius 3 is 2.65 bits per heavy atom. The number of pyridine rings is 1. The number of carbonyl (C=O) groups excluding carboxylic acids is 1. The third-order valence-corrected chi connectivity index (χ3v) is 5.12. The molecule has 3 rings (SSSR count). The maximum absolute atomic E-state index is 12.1. The van der Waals surface area contributed by atoms with Gasteiger partial charge in [-0.2, -0.15) is 0 Å². The van der Waals surface area contributed by atoms with E-state index < -0.39 is 0 Å². The SMILES string of the molecule is O=C(CN1CCN(Cc2cccs2)CC1)Nc1ccc(Br)cn1. The number of halogens is 1. The average molecular weight is 395 g/mol. The van der Waals surface area contributed by atoms with Gasteiger partial charge in [-0.05, 0) is 39.5 Å². The summed E-state index contributed by atoms with van der Waals surface area (Å²) in [5, 5.41) is 4.96. The number of thiophene rings is 1. The normalized spacial score (nSPS) is 16.4. The molecule has 7 heteroatoms. The van der Waals surface area contributed by atoms with Crippen LogP contribution in [0, 0.1) is 0 Å².